The van der Waals surface area contributed by atoms with Crippen molar-refractivity contribution >= 4 is 56.7 Å². The number of ether oxygens (including phenoxy) is 1. The molecule has 1 heterocycles. The standard InChI is InChI=1S/C23H32FI2NO3/c1-14(11-17(24)12-16(3)30-13-15(2)26)20-8-7-18(22(28)29)21(27-20)19(9-10-25)23(4,5)6/h7-8,11,15,17,19H,3,9-10,12-13H2,1-2,4-6H3,(H,28,29)/b14-11+. The molecule has 0 amide bonds. The monoisotopic (exact) mass is 643 g/mol. The number of pyridine rings is 1. The highest BCUT2D eigenvalue weighted by atomic mass is 127. The van der Waals surface area contributed by atoms with Gasteiger partial charge >= 0.3 is 5.97 Å². The molecule has 0 bridgehead atoms. The Morgan fingerprint density at radius 2 is 2.03 bits per heavy atom. The van der Waals surface area contributed by atoms with Crippen molar-refractivity contribution in [1.29, 1.82) is 0 Å². The third kappa shape index (κ3) is 8.80. The van der Waals surface area contributed by atoms with E-state index in [4.69, 9.17) is 9.72 Å². The van der Waals surface area contributed by atoms with E-state index in [1.54, 1.807) is 19.1 Å². The zero-order valence-electron chi connectivity index (χ0n) is 18.3. The number of allylic oxidation sites excluding steroid dienone is 3. The quantitative estimate of drug-likeness (QED) is 0.157. The summed E-state index contributed by atoms with van der Waals surface area (Å²) in [6, 6.07) is 3.23. The first kappa shape index (κ1) is 27.3. The van der Waals surface area contributed by atoms with Gasteiger partial charge in [-0.3, -0.25) is 4.98 Å². The maximum Gasteiger partial charge on any atom is 0.337 e. The Morgan fingerprint density at radius 1 is 1.40 bits per heavy atom. The Bertz CT molecular complexity index is 772. The lowest BCUT2D eigenvalue weighted by atomic mass is 9.75. The van der Waals surface area contributed by atoms with E-state index in [1.807, 2.05) is 6.92 Å². The lowest BCUT2D eigenvalue weighted by Crippen LogP contribution is -2.23. The van der Waals surface area contributed by atoms with Crippen molar-refractivity contribution in [2.45, 2.75) is 63.5 Å². The SMILES string of the molecule is C=C(CC(F)/C=C(\C)c1ccc(C(=O)O)c(C(CCI)C(C)(C)C)n1)OCC(C)I. The van der Waals surface area contributed by atoms with Gasteiger partial charge in [-0.05, 0) is 42.5 Å². The van der Waals surface area contributed by atoms with Crippen LogP contribution in [0.2, 0.25) is 0 Å². The Labute approximate surface area is 207 Å². The summed E-state index contributed by atoms with van der Waals surface area (Å²) in [5.74, 6) is -0.590. The van der Waals surface area contributed by atoms with Crippen molar-refractivity contribution in [2.75, 3.05) is 11.0 Å². The van der Waals surface area contributed by atoms with Crippen molar-refractivity contribution in [3.05, 3.63) is 47.5 Å². The summed E-state index contributed by atoms with van der Waals surface area (Å²) in [6.07, 6.45) is 1.15. The van der Waals surface area contributed by atoms with Crippen LogP contribution in [0.15, 0.2) is 30.5 Å². The van der Waals surface area contributed by atoms with Gasteiger partial charge in [0.2, 0.25) is 0 Å². The summed E-state index contributed by atoms with van der Waals surface area (Å²) < 4.78 is 21.2. The summed E-state index contributed by atoms with van der Waals surface area (Å²) >= 11 is 4.54. The van der Waals surface area contributed by atoms with Crippen LogP contribution in [0.25, 0.3) is 5.57 Å². The second-order valence-corrected chi connectivity index (χ2v) is 11.7. The van der Waals surface area contributed by atoms with E-state index in [0.717, 1.165) is 10.8 Å². The molecular weight excluding hydrogens is 611 g/mol. The molecule has 168 valence electrons. The molecule has 1 aromatic heterocycles. The van der Waals surface area contributed by atoms with Crippen LogP contribution in [-0.4, -0.2) is 37.2 Å². The maximum atomic E-state index is 14.5. The number of halogens is 3. The van der Waals surface area contributed by atoms with Gasteiger partial charge in [-0.2, -0.15) is 0 Å². The number of carboxylic acid groups (broad SMARTS) is 1. The van der Waals surface area contributed by atoms with E-state index in [-0.39, 0.29) is 23.3 Å². The van der Waals surface area contributed by atoms with Gasteiger partial charge in [0.15, 0.2) is 0 Å². The van der Waals surface area contributed by atoms with Crippen LogP contribution in [0.5, 0.6) is 0 Å². The average molecular weight is 643 g/mol. The molecule has 30 heavy (non-hydrogen) atoms. The molecule has 0 aromatic carbocycles. The molecule has 0 fully saturated rings. The Hall–Kier alpha value is -0.710. The minimum absolute atomic E-state index is 0.0159. The van der Waals surface area contributed by atoms with Crippen LogP contribution in [0.4, 0.5) is 4.39 Å². The maximum absolute atomic E-state index is 14.5. The van der Waals surface area contributed by atoms with Crippen LogP contribution in [0, 0.1) is 5.41 Å². The summed E-state index contributed by atoms with van der Waals surface area (Å²) in [5, 5.41) is 9.67. The minimum atomic E-state index is -1.25. The Balaban J connectivity index is 3.18. The molecule has 4 nitrogen and oxygen atoms in total. The largest absolute Gasteiger partial charge is 0.497 e. The highest BCUT2D eigenvalue weighted by Gasteiger charge is 2.31. The molecule has 0 aliphatic carbocycles. The second kappa shape index (κ2) is 12.4. The number of alkyl halides is 3. The summed E-state index contributed by atoms with van der Waals surface area (Å²) in [4.78, 5) is 16.5. The first-order valence-corrected chi connectivity index (χ1v) is 12.7. The first-order chi connectivity index (χ1) is 13.9. The zero-order chi connectivity index (χ0) is 23.1. The van der Waals surface area contributed by atoms with Gasteiger partial charge in [0.1, 0.15) is 6.17 Å². The number of rotatable bonds is 11. The van der Waals surface area contributed by atoms with Gasteiger partial charge < -0.3 is 9.84 Å². The number of hydrogen-bond acceptors (Lipinski definition) is 3. The van der Waals surface area contributed by atoms with Gasteiger partial charge in [-0.25, -0.2) is 9.18 Å². The van der Waals surface area contributed by atoms with E-state index in [0.29, 0.717) is 33.3 Å². The fourth-order valence-corrected chi connectivity index (χ4v) is 3.96. The topological polar surface area (TPSA) is 59.4 Å². The normalized spacial score (nSPS) is 15.4. The fraction of sp³-hybridized carbons (Fsp3) is 0.565. The molecule has 3 atom stereocenters. The molecular formula is C23H32FI2NO3. The molecule has 1 aromatic rings. The van der Waals surface area contributed by atoms with Crippen molar-refractivity contribution in [2.24, 2.45) is 5.41 Å². The highest BCUT2D eigenvalue weighted by Crippen LogP contribution is 2.39. The Kier molecular flexibility index (Phi) is 11.3. The molecule has 0 saturated heterocycles. The number of nitrogens with zero attached hydrogens (tertiary/aromatic N) is 1. The van der Waals surface area contributed by atoms with E-state index in [9.17, 15) is 14.3 Å². The molecule has 0 spiro atoms. The van der Waals surface area contributed by atoms with Crippen LogP contribution in [0.3, 0.4) is 0 Å². The molecule has 0 aliphatic heterocycles. The Morgan fingerprint density at radius 3 is 2.53 bits per heavy atom. The lowest BCUT2D eigenvalue weighted by Gasteiger charge is -2.31. The smallest absolute Gasteiger partial charge is 0.337 e. The summed E-state index contributed by atoms with van der Waals surface area (Å²) in [5.41, 5.74) is 1.89. The van der Waals surface area contributed by atoms with Crippen molar-refractivity contribution in [1.82, 2.24) is 4.98 Å². The number of aromatic carboxylic acids is 1. The number of hydrogen-bond donors (Lipinski definition) is 1. The predicted octanol–water partition coefficient (Wildman–Crippen LogP) is 7.22. The van der Waals surface area contributed by atoms with Crippen LogP contribution < -0.4 is 0 Å². The second-order valence-electron chi connectivity index (χ2n) is 8.53. The third-order valence-electron chi connectivity index (χ3n) is 4.70. The molecule has 1 rings (SSSR count). The first-order valence-electron chi connectivity index (χ1n) is 9.94. The average Bonchev–Trinajstić information content (AvgIpc) is 2.62. The zero-order valence-corrected chi connectivity index (χ0v) is 22.7. The van der Waals surface area contributed by atoms with Crippen molar-refractivity contribution < 1.29 is 19.0 Å². The molecule has 0 radical (unpaired) electrons. The van der Waals surface area contributed by atoms with E-state index in [2.05, 4.69) is 72.5 Å². The van der Waals surface area contributed by atoms with Gasteiger partial charge in [0.05, 0.1) is 29.3 Å². The van der Waals surface area contributed by atoms with E-state index >= 15 is 0 Å². The van der Waals surface area contributed by atoms with E-state index < -0.39 is 12.1 Å². The number of carboxylic acids is 1. The van der Waals surface area contributed by atoms with E-state index in [1.165, 1.54) is 6.08 Å². The molecule has 1 N–H and O–H groups in total. The van der Waals surface area contributed by atoms with Gasteiger partial charge in [-0.15, -0.1) is 0 Å². The van der Waals surface area contributed by atoms with Crippen molar-refractivity contribution in [3.63, 3.8) is 0 Å². The summed E-state index contributed by atoms with van der Waals surface area (Å²) in [7, 11) is 0. The minimum Gasteiger partial charge on any atom is -0.497 e. The number of aromatic nitrogens is 1. The molecule has 3 unspecified atom stereocenters. The van der Waals surface area contributed by atoms with Crippen LogP contribution in [0.1, 0.15) is 75.1 Å². The predicted molar refractivity (Wildman–Crippen MR) is 139 cm³/mol. The highest BCUT2D eigenvalue weighted by molar-refractivity contribution is 14.1. The fourth-order valence-electron chi connectivity index (χ4n) is 3.15. The van der Waals surface area contributed by atoms with Gasteiger partial charge in [0.25, 0.3) is 0 Å². The van der Waals surface area contributed by atoms with Gasteiger partial charge in [0, 0.05) is 20.7 Å². The number of carbonyl (C=O) groups is 1. The summed E-state index contributed by atoms with van der Waals surface area (Å²) in [6.45, 7) is 14.4. The van der Waals surface area contributed by atoms with Crippen LogP contribution >= 0.6 is 45.2 Å². The lowest BCUT2D eigenvalue weighted by molar-refractivity contribution is 0.0693. The van der Waals surface area contributed by atoms with Gasteiger partial charge in [-0.1, -0.05) is 79.5 Å². The van der Waals surface area contributed by atoms with Crippen molar-refractivity contribution in [3.8, 4) is 0 Å². The molecule has 7 heteroatoms. The molecule has 0 aliphatic rings. The molecule has 0 saturated carbocycles. The third-order valence-corrected chi connectivity index (χ3v) is 5.69. The van der Waals surface area contributed by atoms with Crippen LogP contribution in [-0.2, 0) is 4.74 Å².